The van der Waals surface area contributed by atoms with Crippen LogP contribution in [0.5, 0.6) is 0 Å². The molecule has 0 radical (unpaired) electrons. The van der Waals surface area contributed by atoms with Crippen molar-refractivity contribution in [3.05, 3.63) is 11.9 Å². The summed E-state index contributed by atoms with van der Waals surface area (Å²) in [5.74, 6) is 8.04. The van der Waals surface area contributed by atoms with Crippen molar-refractivity contribution in [1.29, 1.82) is 0 Å². The van der Waals surface area contributed by atoms with E-state index in [2.05, 4.69) is 34.3 Å². The van der Waals surface area contributed by atoms with Gasteiger partial charge in [0, 0.05) is 19.2 Å². The van der Waals surface area contributed by atoms with Crippen LogP contribution < -0.4 is 16.2 Å². The summed E-state index contributed by atoms with van der Waals surface area (Å²) in [6, 6.07) is 0. The first-order valence-electron chi connectivity index (χ1n) is 6.27. The third-order valence-electron chi connectivity index (χ3n) is 3.53. The SMILES string of the molecule is CCc1c(NN)ncnc1N(C)CC1CCC1. The zero-order chi connectivity index (χ0) is 12.3. The Morgan fingerprint density at radius 2 is 2.24 bits per heavy atom. The first kappa shape index (κ1) is 12.1. The van der Waals surface area contributed by atoms with E-state index in [1.54, 1.807) is 6.33 Å². The van der Waals surface area contributed by atoms with Crippen LogP contribution in [0.3, 0.4) is 0 Å². The van der Waals surface area contributed by atoms with E-state index < -0.39 is 0 Å². The molecule has 5 nitrogen and oxygen atoms in total. The maximum absolute atomic E-state index is 5.48. The number of nitrogens with zero attached hydrogens (tertiary/aromatic N) is 3. The van der Waals surface area contributed by atoms with Gasteiger partial charge in [-0.25, -0.2) is 15.8 Å². The average Bonchev–Trinajstić information content (AvgIpc) is 2.32. The van der Waals surface area contributed by atoms with Crippen LogP contribution >= 0.6 is 0 Å². The molecular weight excluding hydrogens is 214 g/mol. The highest BCUT2D eigenvalue weighted by atomic mass is 15.3. The molecule has 0 unspecified atom stereocenters. The van der Waals surface area contributed by atoms with Gasteiger partial charge in [0.2, 0.25) is 0 Å². The lowest BCUT2D eigenvalue weighted by atomic mass is 9.85. The monoisotopic (exact) mass is 235 g/mol. The Morgan fingerprint density at radius 1 is 1.47 bits per heavy atom. The summed E-state index contributed by atoms with van der Waals surface area (Å²) in [7, 11) is 2.10. The van der Waals surface area contributed by atoms with Gasteiger partial charge in [-0.2, -0.15) is 0 Å². The standard InChI is InChI=1S/C12H21N5/c1-3-10-11(16-13)14-8-15-12(10)17(2)7-9-5-4-6-9/h8-9H,3-7,13H2,1-2H3,(H,14,15,16). The van der Waals surface area contributed by atoms with Gasteiger partial charge < -0.3 is 10.3 Å². The van der Waals surface area contributed by atoms with Crippen LogP contribution in [-0.2, 0) is 6.42 Å². The lowest BCUT2D eigenvalue weighted by Gasteiger charge is -2.31. The van der Waals surface area contributed by atoms with Gasteiger partial charge in [-0.3, -0.25) is 0 Å². The molecule has 3 N–H and O–H groups in total. The Balaban J connectivity index is 2.17. The molecular formula is C12H21N5. The predicted octanol–water partition coefficient (Wildman–Crippen LogP) is 1.56. The Hall–Kier alpha value is -1.36. The fourth-order valence-corrected chi connectivity index (χ4v) is 2.33. The summed E-state index contributed by atoms with van der Waals surface area (Å²) in [6.07, 6.45) is 6.52. The largest absolute Gasteiger partial charge is 0.359 e. The molecule has 1 aromatic heterocycles. The minimum Gasteiger partial charge on any atom is -0.359 e. The summed E-state index contributed by atoms with van der Waals surface area (Å²) in [5.41, 5.74) is 3.74. The van der Waals surface area contributed by atoms with Crippen LogP contribution in [-0.4, -0.2) is 23.6 Å². The second-order valence-corrected chi connectivity index (χ2v) is 4.70. The summed E-state index contributed by atoms with van der Waals surface area (Å²) >= 11 is 0. The maximum Gasteiger partial charge on any atom is 0.148 e. The van der Waals surface area contributed by atoms with E-state index in [9.17, 15) is 0 Å². The second kappa shape index (κ2) is 5.31. The number of nitrogens with one attached hydrogen (secondary N) is 1. The predicted molar refractivity (Wildman–Crippen MR) is 69.8 cm³/mol. The molecule has 1 saturated carbocycles. The number of rotatable bonds is 5. The summed E-state index contributed by atoms with van der Waals surface area (Å²) in [6.45, 7) is 3.17. The highest BCUT2D eigenvalue weighted by Gasteiger charge is 2.21. The molecule has 1 heterocycles. The third kappa shape index (κ3) is 2.49. The molecule has 1 fully saturated rings. The van der Waals surface area contributed by atoms with E-state index in [4.69, 9.17) is 5.84 Å². The zero-order valence-corrected chi connectivity index (χ0v) is 10.6. The van der Waals surface area contributed by atoms with Crippen molar-refractivity contribution in [3.63, 3.8) is 0 Å². The first-order chi connectivity index (χ1) is 8.26. The van der Waals surface area contributed by atoms with Crippen LogP contribution in [0.15, 0.2) is 6.33 Å². The van der Waals surface area contributed by atoms with Gasteiger partial charge in [-0.15, -0.1) is 0 Å². The number of hydrogen-bond acceptors (Lipinski definition) is 5. The Bertz CT molecular complexity index is 375. The van der Waals surface area contributed by atoms with E-state index in [0.29, 0.717) is 0 Å². The van der Waals surface area contributed by atoms with Crippen LogP contribution in [0, 0.1) is 5.92 Å². The third-order valence-corrected chi connectivity index (χ3v) is 3.53. The summed E-state index contributed by atoms with van der Waals surface area (Å²) < 4.78 is 0. The number of nitrogen functional groups attached to an aromatic ring is 1. The van der Waals surface area contributed by atoms with Crippen molar-refractivity contribution in [2.75, 3.05) is 23.9 Å². The van der Waals surface area contributed by atoms with Crippen molar-refractivity contribution in [2.45, 2.75) is 32.6 Å². The molecule has 17 heavy (non-hydrogen) atoms. The van der Waals surface area contributed by atoms with E-state index in [1.165, 1.54) is 19.3 Å². The van der Waals surface area contributed by atoms with Gasteiger partial charge in [-0.1, -0.05) is 13.3 Å². The molecule has 0 aromatic carbocycles. The van der Waals surface area contributed by atoms with Crippen molar-refractivity contribution >= 4 is 11.6 Å². The number of hydrogen-bond donors (Lipinski definition) is 2. The van der Waals surface area contributed by atoms with Crippen LogP contribution in [0.4, 0.5) is 11.6 Å². The molecule has 1 aromatic rings. The lowest BCUT2D eigenvalue weighted by Crippen LogP contribution is -2.31. The Labute approximate surface area is 102 Å². The Kier molecular flexibility index (Phi) is 3.78. The normalized spacial score (nSPS) is 15.5. The molecule has 2 rings (SSSR count). The molecule has 0 bridgehead atoms. The minimum absolute atomic E-state index is 0.734. The first-order valence-corrected chi connectivity index (χ1v) is 6.27. The molecule has 0 atom stereocenters. The van der Waals surface area contributed by atoms with Crippen molar-refractivity contribution in [1.82, 2.24) is 9.97 Å². The van der Waals surface area contributed by atoms with Gasteiger partial charge in [0.15, 0.2) is 0 Å². The molecule has 1 aliphatic carbocycles. The summed E-state index contributed by atoms with van der Waals surface area (Å²) in [4.78, 5) is 10.8. The zero-order valence-electron chi connectivity index (χ0n) is 10.6. The second-order valence-electron chi connectivity index (χ2n) is 4.70. The van der Waals surface area contributed by atoms with Crippen molar-refractivity contribution < 1.29 is 0 Å². The molecule has 5 heteroatoms. The molecule has 0 amide bonds. The van der Waals surface area contributed by atoms with E-state index in [0.717, 1.165) is 36.1 Å². The van der Waals surface area contributed by atoms with Crippen LogP contribution in [0.2, 0.25) is 0 Å². The van der Waals surface area contributed by atoms with Gasteiger partial charge in [-0.05, 0) is 25.2 Å². The summed E-state index contributed by atoms with van der Waals surface area (Å²) in [5, 5.41) is 0. The number of nitrogens with two attached hydrogens (primary N) is 1. The van der Waals surface area contributed by atoms with Crippen LogP contribution in [0.1, 0.15) is 31.7 Å². The van der Waals surface area contributed by atoms with E-state index in [-0.39, 0.29) is 0 Å². The average molecular weight is 235 g/mol. The Morgan fingerprint density at radius 3 is 2.76 bits per heavy atom. The minimum atomic E-state index is 0.734. The van der Waals surface area contributed by atoms with Crippen molar-refractivity contribution in [2.24, 2.45) is 11.8 Å². The fraction of sp³-hybridized carbons (Fsp3) is 0.667. The van der Waals surface area contributed by atoms with E-state index in [1.807, 2.05) is 0 Å². The maximum atomic E-state index is 5.48. The molecule has 0 spiro atoms. The fourth-order valence-electron chi connectivity index (χ4n) is 2.33. The lowest BCUT2D eigenvalue weighted by molar-refractivity contribution is 0.321. The smallest absolute Gasteiger partial charge is 0.148 e. The van der Waals surface area contributed by atoms with Crippen molar-refractivity contribution in [3.8, 4) is 0 Å². The highest BCUT2D eigenvalue weighted by molar-refractivity contribution is 5.57. The molecule has 0 aliphatic heterocycles. The molecule has 0 saturated heterocycles. The number of hydrazine groups is 1. The number of aromatic nitrogens is 2. The molecule has 94 valence electrons. The van der Waals surface area contributed by atoms with E-state index >= 15 is 0 Å². The topological polar surface area (TPSA) is 67.1 Å². The number of anilines is 2. The highest BCUT2D eigenvalue weighted by Crippen LogP contribution is 2.29. The van der Waals surface area contributed by atoms with Crippen LogP contribution in [0.25, 0.3) is 0 Å². The quantitative estimate of drug-likeness (QED) is 0.599. The molecule has 1 aliphatic rings. The van der Waals surface area contributed by atoms with Gasteiger partial charge in [0.05, 0.1) is 0 Å². The van der Waals surface area contributed by atoms with Gasteiger partial charge in [0.25, 0.3) is 0 Å². The van der Waals surface area contributed by atoms with Gasteiger partial charge >= 0.3 is 0 Å². The van der Waals surface area contributed by atoms with Gasteiger partial charge in [0.1, 0.15) is 18.0 Å².